The van der Waals surface area contributed by atoms with Crippen LogP contribution in [0.15, 0.2) is 12.3 Å². The van der Waals surface area contributed by atoms with Gasteiger partial charge >= 0.3 is 0 Å². The third-order valence-electron chi connectivity index (χ3n) is 3.30. The largest absolute Gasteiger partial charge is 0.497 e. The zero-order valence-corrected chi connectivity index (χ0v) is 13.5. The van der Waals surface area contributed by atoms with E-state index in [0.29, 0.717) is 0 Å². The van der Waals surface area contributed by atoms with Gasteiger partial charge in [0.25, 0.3) is 0 Å². The van der Waals surface area contributed by atoms with Gasteiger partial charge in [0, 0.05) is 0 Å². The molecule has 0 aromatic heterocycles. The molecule has 0 rings (SSSR count). The van der Waals surface area contributed by atoms with Crippen LogP contribution < -0.4 is 0 Å². The summed E-state index contributed by atoms with van der Waals surface area (Å²) in [6.07, 6.45) is 13.7. The number of unbranched alkanes of at least 4 members (excludes halogenated alkanes) is 9. The van der Waals surface area contributed by atoms with E-state index in [1.807, 2.05) is 14.1 Å². The predicted molar refractivity (Wildman–Crippen MR) is 85.5 cm³/mol. The smallest absolute Gasteiger partial charge is 0.103 e. The molecule has 2 heteroatoms. The van der Waals surface area contributed by atoms with E-state index < -0.39 is 0 Å². The van der Waals surface area contributed by atoms with Crippen LogP contribution in [0.25, 0.3) is 0 Å². The number of nitrogens with zero attached hydrogens (tertiary/aromatic N) is 1. The van der Waals surface area contributed by atoms with Crippen LogP contribution in [-0.2, 0) is 4.74 Å². The van der Waals surface area contributed by atoms with E-state index in [-0.39, 0.29) is 0 Å². The fourth-order valence-corrected chi connectivity index (χ4v) is 2.20. The number of ether oxygens (including phenoxy) is 1. The van der Waals surface area contributed by atoms with E-state index in [1.54, 1.807) is 0 Å². The Morgan fingerprint density at radius 3 is 1.79 bits per heavy atom. The molecule has 0 radical (unpaired) electrons. The second-order valence-electron chi connectivity index (χ2n) is 5.81. The fraction of sp³-hybridized carbons (Fsp3) is 0.882. The van der Waals surface area contributed by atoms with Gasteiger partial charge in [0.2, 0.25) is 0 Å². The van der Waals surface area contributed by atoms with Crippen molar-refractivity contribution in [2.45, 2.75) is 71.1 Å². The molecule has 0 bridgehead atoms. The molecule has 0 aliphatic heterocycles. The van der Waals surface area contributed by atoms with Crippen molar-refractivity contribution >= 4 is 0 Å². The van der Waals surface area contributed by atoms with E-state index >= 15 is 0 Å². The lowest BCUT2D eigenvalue weighted by Gasteiger charge is -2.13. The molecule has 0 N–H and O–H groups in total. The molecule has 0 aliphatic rings. The molecule has 0 aliphatic carbocycles. The number of rotatable bonds is 14. The molecule has 0 atom stereocenters. The summed E-state index contributed by atoms with van der Waals surface area (Å²) in [6, 6.07) is 0. The topological polar surface area (TPSA) is 12.5 Å². The standard InChI is InChI=1S/C17H35NO/c1-5-6-7-8-9-10-11-12-13-14-15-19-17(2)16-18(3)4/h2,5-16H2,1,3-4H3. The van der Waals surface area contributed by atoms with Crippen molar-refractivity contribution < 1.29 is 4.74 Å². The van der Waals surface area contributed by atoms with Gasteiger partial charge in [0.15, 0.2) is 0 Å². The Labute approximate surface area is 121 Å². The minimum absolute atomic E-state index is 0.831. The van der Waals surface area contributed by atoms with E-state index in [2.05, 4.69) is 18.4 Å². The molecule has 0 heterocycles. The second-order valence-corrected chi connectivity index (χ2v) is 5.81. The highest BCUT2D eigenvalue weighted by atomic mass is 16.5. The molecule has 2 nitrogen and oxygen atoms in total. The van der Waals surface area contributed by atoms with Gasteiger partial charge in [-0.1, -0.05) is 71.3 Å². The molecular formula is C17H35NO. The number of likely N-dealkylation sites (N-methyl/N-ethyl adjacent to an activating group) is 1. The first kappa shape index (κ1) is 18.5. The molecule has 0 amide bonds. The Morgan fingerprint density at radius 2 is 1.32 bits per heavy atom. The Morgan fingerprint density at radius 1 is 0.842 bits per heavy atom. The first-order valence-electron chi connectivity index (χ1n) is 8.12. The molecule has 19 heavy (non-hydrogen) atoms. The summed E-state index contributed by atoms with van der Waals surface area (Å²) in [6.45, 7) is 7.85. The summed E-state index contributed by atoms with van der Waals surface area (Å²) >= 11 is 0. The Bertz CT molecular complexity index is 201. The van der Waals surface area contributed by atoms with Crippen LogP contribution in [0, 0.1) is 0 Å². The molecule has 0 aromatic rings. The lowest BCUT2D eigenvalue weighted by molar-refractivity contribution is 0.183. The van der Waals surface area contributed by atoms with Gasteiger partial charge in [0.05, 0.1) is 13.2 Å². The maximum Gasteiger partial charge on any atom is 0.103 e. The number of hydrogen-bond acceptors (Lipinski definition) is 2. The lowest BCUT2D eigenvalue weighted by Crippen LogP contribution is -2.16. The molecule has 0 saturated carbocycles. The van der Waals surface area contributed by atoms with Gasteiger partial charge in [-0.3, -0.25) is 0 Å². The Balaban J connectivity index is 3.08. The Hall–Kier alpha value is -0.500. The van der Waals surface area contributed by atoms with Crippen molar-refractivity contribution in [2.75, 3.05) is 27.2 Å². The third kappa shape index (κ3) is 15.4. The van der Waals surface area contributed by atoms with Crippen molar-refractivity contribution in [1.82, 2.24) is 4.90 Å². The quantitative estimate of drug-likeness (QED) is 0.325. The van der Waals surface area contributed by atoms with Gasteiger partial charge in [0.1, 0.15) is 5.76 Å². The zero-order chi connectivity index (χ0) is 14.3. The van der Waals surface area contributed by atoms with Gasteiger partial charge in [-0.05, 0) is 20.5 Å². The van der Waals surface area contributed by atoms with Crippen LogP contribution in [0.1, 0.15) is 71.1 Å². The van der Waals surface area contributed by atoms with E-state index in [1.165, 1.54) is 64.2 Å². The van der Waals surface area contributed by atoms with Crippen LogP contribution in [-0.4, -0.2) is 32.1 Å². The van der Waals surface area contributed by atoms with Crippen molar-refractivity contribution in [2.24, 2.45) is 0 Å². The summed E-state index contributed by atoms with van der Waals surface area (Å²) in [4.78, 5) is 2.08. The summed E-state index contributed by atoms with van der Waals surface area (Å²) in [7, 11) is 4.07. The number of hydrogen-bond donors (Lipinski definition) is 0. The molecule has 0 unspecified atom stereocenters. The van der Waals surface area contributed by atoms with Gasteiger partial charge in [-0.25, -0.2) is 0 Å². The minimum Gasteiger partial charge on any atom is -0.497 e. The van der Waals surface area contributed by atoms with Crippen LogP contribution in [0.4, 0.5) is 0 Å². The SMILES string of the molecule is C=C(CN(C)C)OCCCCCCCCCCCC. The average molecular weight is 269 g/mol. The van der Waals surface area contributed by atoms with Crippen LogP contribution in [0.5, 0.6) is 0 Å². The molecule has 0 spiro atoms. The van der Waals surface area contributed by atoms with Gasteiger partial charge in [-0.2, -0.15) is 0 Å². The van der Waals surface area contributed by atoms with Crippen molar-refractivity contribution in [1.29, 1.82) is 0 Å². The van der Waals surface area contributed by atoms with E-state index in [4.69, 9.17) is 4.74 Å². The monoisotopic (exact) mass is 269 g/mol. The minimum atomic E-state index is 0.831. The fourth-order valence-electron chi connectivity index (χ4n) is 2.20. The maximum atomic E-state index is 5.59. The first-order chi connectivity index (χ1) is 9.16. The third-order valence-corrected chi connectivity index (χ3v) is 3.30. The average Bonchev–Trinajstić information content (AvgIpc) is 2.35. The summed E-state index contributed by atoms with van der Waals surface area (Å²) in [5.74, 6) is 0.890. The Kier molecular flexibility index (Phi) is 13.6. The van der Waals surface area contributed by atoms with Crippen LogP contribution in [0.3, 0.4) is 0 Å². The molecule has 0 aromatic carbocycles. The van der Waals surface area contributed by atoms with Gasteiger partial charge in [-0.15, -0.1) is 0 Å². The first-order valence-corrected chi connectivity index (χ1v) is 8.12. The predicted octanol–water partition coefficient (Wildman–Crippen LogP) is 5.00. The van der Waals surface area contributed by atoms with Crippen LogP contribution in [0.2, 0.25) is 0 Å². The molecule has 114 valence electrons. The highest BCUT2D eigenvalue weighted by Gasteiger charge is 1.97. The molecule has 0 saturated heterocycles. The van der Waals surface area contributed by atoms with Crippen molar-refractivity contribution in [3.8, 4) is 0 Å². The highest BCUT2D eigenvalue weighted by molar-refractivity contribution is 4.84. The maximum absolute atomic E-state index is 5.59. The lowest BCUT2D eigenvalue weighted by atomic mass is 10.1. The second kappa shape index (κ2) is 13.9. The van der Waals surface area contributed by atoms with Crippen LogP contribution >= 0.6 is 0 Å². The normalized spacial score (nSPS) is 10.9. The molecule has 0 fully saturated rings. The van der Waals surface area contributed by atoms with Gasteiger partial charge < -0.3 is 9.64 Å². The van der Waals surface area contributed by atoms with E-state index in [0.717, 1.165) is 18.9 Å². The highest BCUT2D eigenvalue weighted by Crippen LogP contribution is 2.10. The summed E-state index contributed by atoms with van der Waals surface area (Å²) < 4.78 is 5.59. The summed E-state index contributed by atoms with van der Waals surface area (Å²) in [5, 5.41) is 0. The van der Waals surface area contributed by atoms with Crippen molar-refractivity contribution in [3.63, 3.8) is 0 Å². The summed E-state index contributed by atoms with van der Waals surface area (Å²) in [5.41, 5.74) is 0. The van der Waals surface area contributed by atoms with Crippen molar-refractivity contribution in [3.05, 3.63) is 12.3 Å². The molecular weight excluding hydrogens is 234 g/mol. The van der Waals surface area contributed by atoms with E-state index in [9.17, 15) is 0 Å². The zero-order valence-electron chi connectivity index (χ0n) is 13.5.